The number of fused-ring (bicyclic) bond motifs is 4. The molecule has 3 aromatic carbocycles. The van der Waals surface area contributed by atoms with Gasteiger partial charge in [-0.05, 0) is 73.4 Å². The number of nitrogens with zero attached hydrogens (tertiary/aromatic N) is 2. The molecule has 0 bridgehead atoms. The van der Waals surface area contributed by atoms with E-state index in [9.17, 15) is 24.3 Å². The Morgan fingerprint density at radius 1 is 0.889 bits per heavy atom. The first-order valence-corrected chi connectivity index (χ1v) is 16.5. The van der Waals surface area contributed by atoms with Crippen molar-refractivity contribution in [2.24, 2.45) is 17.8 Å². The minimum Gasteiger partial charge on any atom is -0.508 e. The fourth-order valence-electron chi connectivity index (χ4n) is 7.49. The monoisotopic (exact) mass is 727 g/mol. The first-order valence-electron chi connectivity index (χ1n) is 14.3. The molecule has 2 aliphatic heterocycles. The van der Waals surface area contributed by atoms with Gasteiger partial charge in [-0.1, -0.05) is 57.4 Å². The van der Waals surface area contributed by atoms with Crippen LogP contribution >= 0.6 is 50.7 Å². The molecule has 3 aromatic rings. The average molecular weight is 730 g/mol. The Morgan fingerprint density at radius 3 is 2.27 bits per heavy atom. The highest BCUT2D eigenvalue weighted by molar-refractivity contribution is 9.09. The maximum absolute atomic E-state index is 14.2. The molecule has 0 radical (unpaired) electrons. The molecule has 230 valence electrons. The van der Waals surface area contributed by atoms with Crippen LogP contribution < -0.4 is 10.2 Å². The van der Waals surface area contributed by atoms with Crippen LogP contribution in [0.4, 0.5) is 17.1 Å². The van der Waals surface area contributed by atoms with Crippen LogP contribution in [0.25, 0.3) is 0 Å². The number of nitrogens with one attached hydrogen (secondary N) is 1. The number of halogens is 4. The van der Waals surface area contributed by atoms with E-state index in [0.717, 1.165) is 16.3 Å². The van der Waals surface area contributed by atoms with Crippen LogP contribution in [0.3, 0.4) is 0 Å². The van der Waals surface area contributed by atoms with Gasteiger partial charge in [0.05, 0.1) is 23.0 Å². The summed E-state index contributed by atoms with van der Waals surface area (Å²) < 4.78 is 0. The molecule has 2 aliphatic carbocycles. The van der Waals surface area contributed by atoms with E-state index in [0.29, 0.717) is 11.3 Å². The highest BCUT2D eigenvalue weighted by atomic mass is 79.9. The van der Waals surface area contributed by atoms with Crippen LogP contribution in [0.2, 0.25) is 5.02 Å². The first-order chi connectivity index (χ1) is 21.5. The van der Waals surface area contributed by atoms with Gasteiger partial charge in [-0.3, -0.25) is 29.0 Å². The third-order valence-electron chi connectivity index (χ3n) is 9.50. The maximum atomic E-state index is 14.2. The van der Waals surface area contributed by atoms with Gasteiger partial charge in [0.2, 0.25) is 11.8 Å². The van der Waals surface area contributed by atoms with Crippen molar-refractivity contribution >= 4 is 91.4 Å². The number of amides is 4. The Balaban J connectivity index is 1.29. The predicted octanol–water partition coefficient (Wildman–Crippen LogP) is 6.71. The number of benzene rings is 3. The molecule has 0 aromatic heterocycles. The highest BCUT2D eigenvalue weighted by Gasteiger charge is 2.76. The summed E-state index contributed by atoms with van der Waals surface area (Å²) in [6.07, 6.45) is 1.87. The molecule has 2 heterocycles. The zero-order valence-corrected chi connectivity index (χ0v) is 27.3. The van der Waals surface area contributed by atoms with E-state index in [-0.39, 0.29) is 40.5 Å². The summed E-state index contributed by atoms with van der Waals surface area (Å²) >= 11 is 24.0. The van der Waals surface area contributed by atoms with Crippen LogP contribution in [0.5, 0.6) is 5.75 Å². The summed E-state index contributed by atoms with van der Waals surface area (Å²) in [5.41, 5.74) is 2.74. The molecule has 7 rings (SSSR count). The average Bonchev–Trinajstić information content (AvgIpc) is 3.37. The van der Waals surface area contributed by atoms with Crippen molar-refractivity contribution in [3.8, 4) is 5.75 Å². The number of carbonyl (C=O) groups is 4. The van der Waals surface area contributed by atoms with Crippen LogP contribution in [-0.2, 0) is 19.2 Å². The number of alkyl halides is 3. The Kier molecular flexibility index (Phi) is 7.32. The second-order valence-corrected chi connectivity index (χ2v) is 13.9. The first kappa shape index (κ1) is 30.3. The molecule has 4 aliphatic rings. The number of aromatic hydroxyl groups is 1. The number of rotatable bonds is 5. The van der Waals surface area contributed by atoms with E-state index < -0.39 is 51.1 Å². The maximum Gasteiger partial charge on any atom is 0.254 e. The fraction of sp³-hybridized carbons (Fsp3) is 0.273. The standard InChI is InChI=1S/C33H25BrCl3N3O5/c34-16-39-30(44)32(36)15-24-21(27(33(32,37)31(39)45)23-14-17(35)6-13-25(23)41)11-12-22-26(24)29(43)40(28(22)42)20-9-7-19(8-10-20)38-18-4-2-1-3-5-18/h1-11,13-14,22,24,26-27,38,41H,12,15-16H2/t22-,24+,26-,27+,32+,33-/m0/s1. The molecular formula is C33H25BrCl3N3O5. The third-order valence-corrected chi connectivity index (χ3v) is 11.7. The Labute approximate surface area is 282 Å². The molecule has 3 fully saturated rings. The second kappa shape index (κ2) is 10.9. The lowest BCUT2D eigenvalue weighted by atomic mass is 9.56. The van der Waals surface area contributed by atoms with E-state index in [2.05, 4.69) is 21.2 Å². The van der Waals surface area contributed by atoms with Gasteiger partial charge in [-0.15, -0.1) is 23.2 Å². The molecule has 2 saturated heterocycles. The Morgan fingerprint density at radius 2 is 1.58 bits per heavy atom. The lowest BCUT2D eigenvalue weighted by Gasteiger charge is -2.50. The second-order valence-electron chi connectivity index (χ2n) is 11.7. The SMILES string of the molecule is O=C1[C@H]2[C@H](CC=C3[C@H]2C[C@@]2(Cl)C(=O)N(CBr)C(=O)[C@@]2(Cl)[C@H]3c2cc(Cl)ccc2O)C(=O)N1c1ccc(Nc2ccccc2)cc1. The third kappa shape index (κ3) is 4.31. The van der Waals surface area contributed by atoms with E-state index in [4.69, 9.17) is 34.8 Å². The van der Waals surface area contributed by atoms with E-state index >= 15 is 0 Å². The summed E-state index contributed by atoms with van der Waals surface area (Å²) in [6, 6.07) is 21.0. The van der Waals surface area contributed by atoms with Crippen molar-refractivity contribution in [3.63, 3.8) is 0 Å². The lowest BCUT2D eigenvalue weighted by Crippen LogP contribution is -2.60. The molecule has 8 nitrogen and oxygen atoms in total. The van der Waals surface area contributed by atoms with Gasteiger partial charge in [-0.2, -0.15) is 0 Å². The van der Waals surface area contributed by atoms with E-state index in [1.165, 1.54) is 23.1 Å². The van der Waals surface area contributed by atoms with Crippen LogP contribution in [0.15, 0.2) is 84.4 Å². The van der Waals surface area contributed by atoms with E-state index in [1.54, 1.807) is 24.3 Å². The fourth-order valence-corrected chi connectivity index (χ4v) is 9.09. The molecule has 2 N–H and O–H groups in total. The molecule has 0 spiro atoms. The summed E-state index contributed by atoms with van der Waals surface area (Å²) in [5, 5.41) is 14.6. The van der Waals surface area contributed by atoms with Crippen molar-refractivity contribution < 1.29 is 24.3 Å². The zero-order chi connectivity index (χ0) is 31.8. The number of phenolic OH excluding ortho intramolecular Hbond substituents is 1. The number of hydrogen-bond donors (Lipinski definition) is 2. The molecule has 12 heteroatoms. The van der Waals surface area contributed by atoms with Gasteiger partial charge < -0.3 is 10.4 Å². The minimum absolute atomic E-state index is 0.141. The van der Waals surface area contributed by atoms with Crippen molar-refractivity contribution in [1.29, 1.82) is 0 Å². The largest absolute Gasteiger partial charge is 0.508 e. The highest BCUT2D eigenvalue weighted by Crippen LogP contribution is 2.66. The lowest BCUT2D eigenvalue weighted by molar-refractivity contribution is -0.138. The molecule has 1 saturated carbocycles. The van der Waals surface area contributed by atoms with Gasteiger partial charge >= 0.3 is 0 Å². The van der Waals surface area contributed by atoms with Gasteiger partial charge in [0, 0.05) is 27.9 Å². The number of carbonyl (C=O) groups excluding carboxylic acids is 4. The molecular weight excluding hydrogens is 705 g/mol. The normalized spacial score (nSPS) is 30.6. The number of phenols is 1. The Hall–Kier alpha value is -3.37. The molecule has 45 heavy (non-hydrogen) atoms. The molecule has 6 atom stereocenters. The van der Waals surface area contributed by atoms with Crippen LogP contribution in [0.1, 0.15) is 24.3 Å². The topological polar surface area (TPSA) is 107 Å². The van der Waals surface area contributed by atoms with Gasteiger partial charge in [0.15, 0.2) is 9.75 Å². The summed E-state index contributed by atoms with van der Waals surface area (Å²) in [4.78, 5) is 53.9. The van der Waals surface area contributed by atoms with Gasteiger partial charge in [-0.25, -0.2) is 0 Å². The van der Waals surface area contributed by atoms with Crippen LogP contribution in [0, 0.1) is 17.8 Å². The minimum atomic E-state index is -2.02. The smallest absolute Gasteiger partial charge is 0.254 e. The number of allylic oxidation sites excluding steroid dienone is 2. The van der Waals surface area contributed by atoms with E-state index in [1.807, 2.05) is 36.4 Å². The summed E-state index contributed by atoms with van der Waals surface area (Å²) in [7, 11) is 0. The number of hydrogen-bond acceptors (Lipinski definition) is 6. The summed E-state index contributed by atoms with van der Waals surface area (Å²) in [5.74, 6) is -5.77. The van der Waals surface area contributed by atoms with Gasteiger partial charge in [0.25, 0.3) is 11.8 Å². The van der Waals surface area contributed by atoms with Crippen molar-refractivity contribution in [1.82, 2.24) is 4.90 Å². The quantitative estimate of drug-likeness (QED) is 0.131. The zero-order valence-electron chi connectivity index (χ0n) is 23.4. The van der Waals surface area contributed by atoms with Crippen molar-refractivity contribution in [2.45, 2.75) is 28.5 Å². The molecule has 0 unspecified atom stereocenters. The van der Waals surface area contributed by atoms with Gasteiger partial charge in [0.1, 0.15) is 5.75 Å². The number of anilines is 3. The predicted molar refractivity (Wildman–Crippen MR) is 175 cm³/mol. The number of likely N-dealkylation sites (tertiary alicyclic amines) is 1. The number of para-hydroxylation sites is 1. The van der Waals surface area contributed by atoms with Crippen molar-refractivity contribution in [2.75, 3.05) is 15.7 Å². The van der Waals surface area contributed by atoms with Crippen LogP contribution in [-0.4, -0.2) is 48.8 Å². The summed E-state index contributed by atoms with van der Waals surface area (Å²) in [6.45, 7) is 0. The Bertz CT molecular complexity index is 1800. The van der Waals surface area contributed by atoms with Crippen molar-refractivity contribution in [3.05, 3.63) is 95.0 Å². The molecule has 4 amide bonds. The number of imide groups is 2.